The highest BCUT2D eigenvalue weighted by molar-refractivity contribution is 7.05. The highest BCUT2D eigenvalue weighted by Gasteiger charge is 2.10. The number of rotatable bonds is 2. The molecule has 0 aliphatic heterocycles. The molecule has 2 rings (SSSR count). The third kappa shape index (κ3) is 3.19. The normalized spacial score (nSPS) is 10.3. The number of aryl methyl sites for hydroxylation is 1. The topological polar surface area (TPSA) is 42.0 Å². The molecule has 0 saturated carbocycles. The quantitative estimate of drug-likeness (QED) is 0.906. The molecule has 0 bridgehead atoms. The van der Waals surface area contributed by atoms with Crippen molar-refractivity contribution >= 4 is 46.3 Å². The lowest BCUT2D eigenvalue weighted by Crippen LogP contribution is -2.11. The zero-order valence-electron chi connectivity index (χ0n) is 8.83. The summed E-state index contributed by atoms with van der Waals surface area (Å²) in [5, 5.41) is 3.64. The Balaban J connectivity index is 2.18. The molecule has 0 aliphatic rings. The second-order valence-electron chi connectivity index (χ2n) is 3.44. The van der Waals surface area contributed by atoms with Gasteiger partial charge in [0.15, 0.2) is 0 Å². The number of amides is 1. The molecule has 0 aliphatic carbocycles. The van der Waals surface area contributed by atoms with Crippen LogP contribution in [0.3, 0.4) is 0 Å². The van der Waals surface area contributed by atoms with Crippen LogP contribution in [0.1, 0.15) is 15.4 Å². The second-order valence-corrected chi connectivity index (χ2v) is 5.32. The first-order valence-electron chi connectivity index (χ1n) is 4.75. The summed E-state index contributed by atoms with van der Waals surface area (Å²) in [6.07, 6.45) is 0. The fourth-order valence-corrected chi connectivity index (χ4v) is 2.36. The summed E-state index contributed by atoms with van der Waals surface area (Å²) in [5.74, 6) is -0.271. The third-order valence-corrected chi connectivity index (χ3v) is 3.11. The van der Waals surface area contributed by atoms with E-state index in [2.05, 4.69) is 9.69 Å². The lowest BCUT2D eigenvalue weighted by atomic mass is 10.3. The van der Waals surface area contributed by atoms with Crippen LogP contribution in [-0.2, 0) is 0 Å². The van der Waals surface area contributed by atoms with Crippen LogP contribution in [0, 0.1) is 6.92 Å². The summed E-state index contributed by atoms with van der Waals surface area (Å²) in [6.45, 7) is 1.89. The molecule has 6 heteroatoms. The molecule has 0 atom stereocenters. The van der Waals surface area contributed by atoms with Gasteiger partial charge < -0.3 is 5.32 Å². The predicted molar refractivity (Wildman–Crippen MR) is 71.3 cm³/mol. The zero-order chi connectivity index (χ0) is 12.4. The molecule has 0 saturated heterocycles. The average Bonchev–Trinajstić information content (AvgIpc) is 2.63. The Bertz CT molecular complexity index is 548. The van der Waals surface area contributed by atoms with Crippen molar-refractivity contribution in [3.63, 3.8) is 0 Å². The number of hydrogen-bond donors (Lipinski definition) is 1. The smallest absolute Gasteiger partial charge is 0.275 e. The van der Waals surface area contributed by atoms with Crippen LogP contribution in [0.25, 0.3) is 0 Å². The van der Waals surface area contributed by atoms with Gasteiger partial charge in [0.1, 0.15) is 5.69 Å². The van der Waals surface area contributed by atoms with Crippen LogP contribution < -0.4 is 5.32 Å². The highest BCUT2D eigenvalue weighted by Crippen LogP contribution is 2.23. The van der Waals surface area contributed by atoms with Gasteiger partial charge in [-0.05, 0) is 42.7 Å². The van der Waals surface area contributed by atoms with Gasteiger partial charge in [0.2, 0.25) is 0 Å². The Hall–Kier alpha value is -1.10. The standard InChI is InChI=1S/C11H8Cl2N2OS/c1-6-2-10(15-17-6)11(16)14-9-4-7(12)3-8(13)5-9/h2-5H,1H3,(H,14,16). The van der Waals surface area contributed by atoms with E-state index in [1.54, 1.807) is 24.3 Å². The molecule has 88 valence electrons. The molecule has 17 heavy (non-hydrogen) atoms. The second kappa shape index (κ2) is 5.04. The molecule has 0 unspecified atom stereocenters. The maximum absolute atomic E-state index is 11.8. The van der Waals surface area contributed by atoms with E-state index in [1.807, 2.05) is 6.92 Å². The molecule has 1 N–H and O–H groups in total. The zero-order valence-corrected chi connectivity index (χ0v) is 11.2. The van der Waals surface area contributed by atoms with Crippen molar-refractivity contribution in [2.45, 2.75) is 6.92 Å². The van der Waals surface area contributed by atoms with Gasteiger partial charge in [0.25, 0.3) is 5.91 Å². The van der Waals surface area contributed by atoms with Gasteiger partial charge in [-0.25, -0.2) is 0 Å². The molecule has 1 heterocycles. The SMILES string of the molecule is Cc1cc(C(=O)Nc2cc(Cl)cc(Cl)c2)ns1. The summed E-state index contributed by atoms with van der Waals surface area (Å²) < 4.78 is 4.02. The van der Waals surface area contributed by atoms with Gasteiger partial charge in [-0.2, -0.15) is 4.37 Å². The number of benzene rings is 1. The Morgan fingerprint density at radius 1 is 1.24 bits per heavy atom. The fourth-order valence-electron chi connectivity index (χ4n) is 1.29. The summed E-state index contributed by atoms with van der Waals surface area (Å²) in [4.78, 5) is 12.8. The molecule has 2 aromatic rings. The van der Waals surface area contributed by atoms with E-state index in [-0.39, 0.29) is 5.91 Å². The number of halogens is 2. The predicted octanol–water partition coefficient (Wildman–Crippen LogP) is 4.01. The number of aromatic nitrogens is 1. The van der Waals surface area contributed by atoms with Crippen LogP contribution in [-0.4, -0.2) is 10.3 Å². The summed E-state index contributed by atoms with van der Waals surface area (Å²) in [6, 6.07) is 6.59. The molecule has 1 amide bonds. The van der Waals surface area contributed by atoms with Crippen molar-refractivity contribution in [2.75, 3.05) is 5.32 Å². The van der Waals surface area contributed by atoms with E-state index < -0.39 is 0 Å². The number of anilines is 1. The first kappa shape index (κ1) is 12.4. The van der Waals surface area contributed by atoms with E-state index in [9.17, 15) is 4.79 Å². The average molecular weight is 287 g/mol. The van der Waals surface area contributed by atoms with Crippen LogP contribution in [0.15, 0.2) is 24.3 Å². The van der Waals surface area contributed by atoms with E-state index >= 15 is 0 Å². The number of carbonyl (C=O) groups is 1. The van der Waals surface area contributed by atoms with Crippen molar-refractivity contribution < 1.29 is 4.79 Å². The van der Waals surface area contributed by atoms with Gasteiger partial charge in [0, 0.05) is 20.6 Å². The van der Waals surface area contributed by atoms with E-state index in [0.717, 1.165) is 4.88 Å². The highest BCUT2D eigenvalue weighted by atomic mass is 35.5. The van der Waals surface area contributed by atoms with Gasteiger partial charge >= 0.3 is 0 Å². The van der Waals surface area contributed by atoms with Crippen molar-refractivity contribution in [3.05, 3.63) is 44.9 Å². The van der Waals surface area contributed by atoms with Crippen molar-refractivity contribution in [3.8, 4) is 0 Å². The minimum Gasteiger partial charge on any atom is -0.321 e. The van der Waals surface area contributed by atoms with Crippen LogP contribution in [0.5, 0.6) is 0 Å². The molecular formula is C11H8Cl2N2OS. The van der Waals surface area contributed by atoms with Gasteiger partial charge in [0.05, 0.1) is 0 Å². The van der Waals surface area contributed by atoms with Gasteiger partial charge in [-0.3, -0.25) is 4.79 Å². The summed E-state index contributed by atoms with van der Waals surface area (Å²) >= 11 is 13.0. The lowest BCUT2D eigenvalue weighted by Gasteiger charge is -2.04. The lowest BCUT2D eigenvalue weighted by molar-refractivity contribution is 0.102. The largest absolute Gasteiger partial charge is 0.321 e. The van der Waals surface area contributed by atoms with E-state index in [0.29, 0.717) is 21.4 Å². The fraction of sp³-hybridized carbons (Fsp3) is 0.0909. The van der Waals surface area contributed by atoms with Crippen molar-refractivity contribution in [1.82, 2.24) is 4.37 Å². The Labute approximate surface area is 113 Å². The molecule has 3 nitrogen and oxygen atoms in total. The number of nitrogens with one attached hydrogen (secondary N) is 1. The van der Waals surface area contributed by atoms with Crippen molar-refractivity contribution in [2.24, 2.45) is 0 Å². The minimum absolute atomic E-state index is 0.271. The molecule has 0 spiro atoms. The molecular weight excluding hydrogens is 279 g/mol. The molecule has 1 aromatic heterocycles. The van der Waals surface area contributed by atoms with E-state index in [1.165, 1.54) is 11.5 Å². The van der Waals surface area contributed by atoms with Crippen LogP contribution in [0.4, 0.5) is 5.69 Å². The molecule has 0 radical (unpaired) electrons. The summed E-state index contributed by atoms with van der Waals surface area (Å²) in [5.41, 5.74) is 0.946. The van der Waals surface area contributed by atoms with Crippen LogP contribution >= 0.6 is 34.7 Å². The minimum atomic E-state index is -0.271. The van der Waals surface area contributed by atoms with E-state index in [4.69, 9.17) is 23.2 Å². The number of nitrogens with zero attached hydrogens (tertiary/aromatic N) is 1. The van der Waals surface area contributed by atoms with Crippen LogP contribution in [0.2, 0.25) is 10.0 Å². The van der Waals surface area contributed by atoms with Gasteiger partial charge in [-0.15, -0.1) is 0 Å². The Morgan fingerprint density at radius 3 is 2.41 bits per heavy atom. The van der Waals surface area contributed by atoms with Crippen molar-refractivity contribution in [1.29, 1.82) is 0 Å². The third-order valence-electron chi connectivity index (χ3n) is 1.98. The maximum atomic E-state index is 11.8. The summed E-state index contributed by atoms with van der Waals surface area (Å²) in [7, 11) is 0. The maximum Gasteiger partial charge on any atom is 0.275 e. The Kier molecular flexibility index (Phi) is 3.66. The Morgan fingerprint density at radius 2 is 1.88 bits per heavy atom. The number of carbonyl (C=O) groups excluding carboxylic acids is 1. The first-order valence-corrected chi connectivity index (χ1v) is 6.28. The molecule has 0 fully saturated rings. The molecule has 1 aromatic carbocycles. The monoisotopic (exact) mass is 286 g/mol. The first-order chi connectivity index (χ1) is 8.04. The van der Waals surface area contributed by atoms with Gasteiger partial charge in [-0.1, -0.05) is 23.2 Å². The number of hydrogen-bond acceptors (Lipinski definition) is 3.